The topological polar surface area (TPSA) is 68.5 Å². The second kappa shape index (κ2) is 4.91. The molecule has 5 heteroatoms. The molecule has 3 atom stereocenters. The molecular formula is C9H16N4O. The summed E-state index contributed by atoms with van der Waals surface area (Å²) in [6.45, 7) is 4.15. The van der Waals surface area contributed by atoms with Crippen LogP contribution >= 0.6 is 0 Å². The molecule has 78 valence electrons. The summed E-state index contributed by atoms with van der Waals surface area (Å²) in [5.41, 5.74) is 2.30. The first-order chi connectivity index (χ1) is 6.70. The van der Waals surface area contributed by atoms with Gasteiger partial charge in [0.25, 0.3) is 0 Å². The molecule has 0 amide bonds. The molecule has 1 aliphatic rings. The summed E-state index contributed by atoms with van der Waals surface area (Å²) in [5.74, 6) is 0. The molecule has 1 saturated heterocycles. The van der Waals surface area contributed by atoms with Crippen LogP contribution in [0.3, 0.4) is 0 Å². The molecule has 1 aliphatic heterocycles. The molecule has 1 fully saturated rings. The molecule has 5 nitrogen and oxygen atoms in total. The quantitative estimate of drug-likeness (QED) is 0.546. The second-order valence-corrected chi connectivity index (χ2v) is 3.83. The lowest BCUT2D eigenvalue weighted by molar-refractivity contribution is 0.0637. The van der Waals surface area contributed by atoms with Crippen LogP contribution in [0.2, 0.25) is 0 Å². The van der Waals surface area contributed by atoms with E-state index < -0.39 is 6.17 Å². The fourth-order valence-corrected chi connectivity index (χ4v) is 2.16. The number of likely N-dealkylation sites (tertiary alicyclic amines) is 1. The highest BCUT2D eigenvalue weighted by atomic mass is 16.3. The van der Waals surface area contributed by atoms with Crippen LogP contribution in [0.5, 0.6) is 0 Å². The molecule has 0 bridgehead atoms. The predicted molar refractivity (Wildman–Crippen MR) is 52.9 cm³/mol. The van der Waals surface area contributed by atoms with Gasteiger partial charge in [-0.15, -0.1) is 4.91 Å². The van der Waals surface area contributed by atoms with Crippen LogP contribution in [0.1, 0.15) is 33.1 Å². The van der Waals surface area contributed by atoms with Gasteiger partial charge in [0.2, 0.25) is 0 Å². The van der Waals surface area contributed by atoms with E-state index in [0.29, 0.717) is 12.1 Å². The number of nitroso groups, excluding NO2 is 1. The van der Waals surface area contributed by atoms with E-state index in [1.54, 1.807) is 0 Å². The Labute approximate surface area is 84.0 Å². The van der Waals surface area contributed by atoms with Gasteiger partial charge in [-0.3, -0.25) is 4.90 Å². The molecule has 0 aliphatic carbocycles. The SMILES string of the molecule is CC1CCCC(C)N1C(C#N)NN=O. The zero-order chi connectivity index (χ0) is 10.6. The summed E-state index contributed by atoms with van der Waals surface area (Å²) in [4.78, 5) is 12.1. The Balaban J connectivity index is 2.70. The minimum absolute atomic E-state index is 0.331. The molecule has 0 aromatic heterocycles. The van der Waals surface area contributed by atoms with Gasteiger partial charge in [-0.2, -0.15) is 5.26 Å². The maximum atomic E-state index is 10.1. The van der Waals surface area contributed by atoms with Crippen LogP contribution in [-0.2, 0) is 0 Å². The Bertz CT molecular complexity index is 227. The Morgan fingerprint density at radius 2 is 2.07 bits per heavy atom. The predicted octanol–water partition coefficient (Wildman–Crippen LogP) is 1.37. The fraction of sp³-hybridized carbons (Fsp3) is 0.889. The molecule has 14 heavy (non-hydrogen) atoms. The van der Waals surface area contributed by atoms with E-state index >= 15 is 0 Å². The summed E-state index contributed by atoms with van der Waals surface area (Å²) in [6.07, 6.45) is 2.75. The molecular weight excluding hydrogens is 180 g/mol. The van der Waals surface area contributed by atoms with Crippen molar-refractivity contribution in [3.05, 3.63) is 4.91 Å². The number of nitrogens with one attached hydrogen (secondary N) is 1. The summed E-state index contributed by atoms with van der Waals surface area (Å²) in [6, 6.07) is 2.72. The Morgan fingerprint density at radius 1 is 1.50 bits per heavy atom. The normalized spacial score (nSPS) is 30.4. The molecule has 1 heterocycles. The van der Waals surface area contributed by atoms with Gasteiger partial charge in [-0.25, -0.2) is 5.43 Å². The monoisotopic (exact) mass is 196 g/mol. The van der Waals surface area contributed by atoms with Gasteiger partial charge in [0, 0.05) is 12.1 Å². The largest absolute Gasteiger partial charge is 0.265 e. The standard InChI is InChI=1S/C9H16N4O/c1-7-4-3-5-8(2)13(7)9(6-10)11-12-14/h7-9H,3-5H2,1-2H3,(H,11,14). The second-order valence-electron chi connectivity index (χ2n) is 3.83. The summed E-state index contributed by atoms with van der Waals surface area (Å²) in [5, 5.41) is 11.5. The Morgan fingerprint density at radius 3 is 2.50 bits per heavy atom. The van der Waals surface area contributed by atoms with Crippen molar-refractivity contribution in [1.82, 2.24) is 10.3 Å². The van der Waals surface area contributed by atoms with Crippen LogP contribution in [0.15, 0.2) is 5.29 Å². The molecule has 0 saturated carbocycles. The highest BCUT2D eigenvalue weighted by Crippen LogP contribution is 2.23. The average molecular weight is 196 g/mol. The van der Waals surface area contributed by atoms with Gasteiger partial charge >= 0.3 is 0 Å². The van der Waals surface area contributed by atoms with E-state index in [0.717, 1.165) is 12.8 Å². The number of hydrogen-bond acceptors (Lipinski definition) is 4. The van der Waals surface area contributed by atoms with Gasteiger partial charge in [0.1, 0.15) is 6.07 Å². The van der Waals surface area contributed by atoms with Crippen LogP contribution in [0.25, 0.3) is 0 Å². The third-order valence-corrected chi connectivity index (χ3v) is 2.86. The van der Waals surface area contributed by atoms with Gasteiger partial charge in [-0.05, 0) is 26.7 Å². The number of hydrogen-bond donors (Lipinski definition) is 1. The highest BCUT2D eigenvalue weighted by molar-refractivity contribution is 4.94. The number of rotatable bonds is 3. The van der Waals surface area contributed by atoms with Crippen LogP contribution in [0.4, 0.5) is 0 Å². The van der Waals surface area contributed by atoms with Crippen molar-refractivity contribution in [2.24, 2.45) is 5.29 Å². The van der Waals surface area contributed by atoms with Crippen molar-refractivity contribution in [2.45, 2.75) is 51.4 Å². The minimum atomic E-state index is -0.585. The lowest BCUT2D eigenvalue weighted by Crippen LogP contribution is -2.53. The lowest BCUT2D eigenvalue weighted by Gasteiger charge is -2.40. The molecule has 0 aromatic carbocycles. The van der Waals surface area contributed by atoms with Gasteiger partial charge in [-0.1, -0.05) is 6.42 Å². The molecule has 1 N–H and O–H groups in total. The zero-order valence-electron chi connectivity index (χ0n) is 8.60. The molecule has 0 aromatic rings. The van der Waals surface area contributed by atoms with E-state index in [4.69, 9.17) is 5.26 Å². The maximum Gasteiger partial charge on any atom is 0.188 e. The number of nitriles is 1. The van der Waals surface area contributed by atoms with Crippen molar-refractivity contribution >= 4 is 0 Å². The summed E-state index contributed by atoms with van der Waals surface area (Å²) >= 11 is 0. The van der Waals surface area contributed by atoms with E-state index in [-0.39, 0.29) is 0 Å². The van der Waals surface area contributed by atoms with E-state index in [2.05, 4.69) is 30.6 Å². The van der Waals surface area contributed by atoms with E-state index in [9.17, 15) is 4.91 Å². The van der Waals surface area contributed by atoms with Gasteiger partial charge < -0.3 is 0 Å². The number of nitrogens with zero attached hydrogens (tertiary/aromatic N) is 3. The molecule has 1 rings (SSSR count). The third kappa shape index (κ3) is 2.20. The minimum Gasteiger partial charge on any atom is -0.265 e. The Kier molecular flexibility index (Phi) is 3.84. The highest BCUT2D eigenvalue weighted by Gasteiger charge is 2.31. The first-order valence-electron chi connectivity index (χ1n) is 4.95. The lowest BCUT2D eigenvalue weighted by atomic mass is 9.97. The van der Waals surface area contributed by atoms with Crippen molar-refractivity contribution < 1.29 is 0 Å². The zero-order valence-corrected chi connectivity index (χ0v) is 8.60. The molecule has 3 unspecified atom stereocenters. The third-order valence-electron chi connectivity index (χ3n) is 2.86. The van der Waals surface area contributed by atoms with E-state index in [1.165, 1.54) is 6.42 Å². The first kappa shape index (κ1) is 10.9. The number of piperidine rings is 1. The first-order valence-corrected chi connectivity index (χ1v) is 4.95. The van der Waals surface area contributed by atoms with Crippen molar-refractivity contribution in [1.29, 1.82) is 5.26 Å². The van der Waals surface area contributed by atoms with Gasteiger partial charge in [0.05, 0.1) is 5.29 Å². The Hall–Kier alpha value is -1.15. The summed E-state index contributed by atoms with van der Waals surface area (Å²) < 4.78 is 0. The maximum absolute atomic E-state index is 10.1. The fourth-order valence-electron chi connectivity index (χ4n) is 2.16. The smallest absolute Gasteiger partial charge is 0.188 e. The van der Waals surface area contributed by atoms with Crippen molar-refractivity contribution in [3.8, 4) is 6.07 Å². The van der Waals surface area contributed by atoms with Crippen LogP contribution in [0, 0.1) is 16.2 Å². The van der Waals surface area contributed by atoms with Crippen molar-refractivity contribution in [2.75, 3.05) is 0 Å². The van der Waals surface area contributed by atoms with Crippen LogP contribution in [-0.4, -0.2) is 23.1 Å². The van der Waals surface area contributed by atoms with Crippen LogP contribution < -0.4 is 5.43 Å². The molecule has 0 spiro atoms. The van der Waals surface area contributed by atoms with Crippen molar-refractivity contribution in [3.63, 3.8) is 0 Å². The van der Waals surface area contributed by atoms with E-state index in [1.807, 2.05) is 4.90 Å². The average Bonchev–Trinajstić information content (AvgIpc) is 2.16. The molecule has 0 radical (unpaired) electrons. The van der Waals surface area contributed by atoms with Gasteiger partial charge in [0.15, 0.2) is 6.17 Å². The summed E-state index contributed by atoms with van der Waals surface area (Å²) in [7, 11) is 0.